The van der Waals surface area contributed by atoms with Crippen molar-refractivity contribution in [1.82, 2.24) is 9.55 Å². The fraction of sp³-hybridized carbons (Fsp3) is 0.0870. The monoisotopic (exact) mass is 416 g/mol. The molecular weight excluding hydrogens is 396 g/mol. The van der Waals surface area contributed by atoms with E-state index in [-0.39, 0.29) is 5.78 Å². The Hall–Kier alpha value is -3.58. The van der Waals surface area contributed by atoms with Crippen molar-refractivity contribution in [2.75, 3.05) is 12.5 Å². The molecule has 0 amide bonds. The minimum absolute atomic E-state index is 0.146. The number of benzene rings is 3. The van der Waals surface area contributed by atoms with Crippen LogP contribution in [0.5, 0.6) is 5.75 Å². The lowest BCUT2D eigenvalue weighted by Crippen LogP contribution is -2.10. The Morgan fingerprint density at radius 3 is 2.40 bits per heavy atom. The van der Waals surface area contributed by atoms with Crippen LogP contribution in [0.4, 0.5) is 5.69 Å². The Kier molecular flexibility index (Phi) is 5.81. The average molecular weight is 417 g/mol. The van der Waals surface area contributed by atoms with Gasteiger partial charge in [0.2, 0.25) is 0 Å². The maximum atomic E-state index is 12.3. The minimum Gasteiger partial charge on any atom is -0.497 e. The van der Waals surface area contributed by atoms with Gasteiger partial charge in [-0.3, -0.25) is 14.8 Å². The van der Waals surface area contributed by atoms with E-state index < -0.39 is 0 Å². The van der Waals surface area contributed by atoms with Gasteiger partial charge in [-0.05, 0) is 60.3 Å². The van der Waals surface area contributed by atoms with Crippen LogP contribution in [0.2, 0.25) is 0 Å². The molecule has 4 aromatic rings. The van der Waals surface area contributed by atoms with E-state index in [2.05, 4.69) is 10.5 Å². The van der Waals surface area contributed by atoms with Gasteiger partial charge in [-0.1, -0.05) is 30.3 Å². The number of hydrogen-bond acceptors (Lipinski definition) is 6. The maximum Gasteiger partial charge on any atom is 0.186 e. The van der Waals surface area contributed by atoms with E-state index in [0.717, 1.165) is 28.2 Å². The highest BCUT2D eigenvalue weighted by molar-refractivity contribution is 8.15. The van der Waals surface area contributed by atoms with Gasteiger partial charge >= 0.3 is 0 Å². The molecule has 0 radical (unpaired) electrons. The molecule has 7 heteroatoms. The largest absolute Gasteiger partial charge is 0.497 e. The van der Waals surface area contributed by atoms with Crippen LogP contribution in [0.15, 0.2) is 89.1 Å². The molecule has 0 aliphatic rings. The summed E-state index contributed by atoms with van der Waals surface area (Å²) in [6.45, 7) is 1.50. The van der Waals surface area contributed by atoms with Crippen molar-refractivity contribution in [1.29, 1.82) is 0 Å². The molecule has 1 N–H and O–H groups in total. The molecule has 0 saturated carbocycles. The Balaban J connectivity index is 1.69. The molecule has 0 aliphatic heterocycles. The SMILES string of the molecule is COc1ccc(NN=C(Sc2nc3ccccc3n2-c2ccccc2)C(C)=O)cc1. The highest BCUT2D eigenvalue weighted by atomic mass is 32.2. The van der Waals surface area contributed by atoms with Crippen molar-refractivity contribution in [3.63, 3.8) is 0 Å². The lowest BCUT2D eigenvalue weighted by Gasteiger charge is -2.09. The van der Waals surface area contributed by atoms with Crippen molar-refractivity contribution in [3.8, 4) is 11.4 Å². The third-order valence-corrected chi connectivity index (χ3v) is 5.44. The lowest BCUT2D eigenvalue weighted by molar-refractivity contribution is -0.110. The van der Waals surface area contributed by atoms with Crippen LogP contribution in [0.25, 0.3) is 16.7 Å². The number of Topliss-reactive ketones (excluding diaryl/α,β-unsaturated/α-hetero) is 1. The molecular formula is C23H20N4O2S. The number of hydrogen-bond donors (Lipinski definition) is 1. The van der Waals surface area contributed by atoms with E-state index in [9.17, 15) is 4.79 Å². The van der Waals surface area contributed by atoms with Gasteiger partial charge in [-0.2, -0.15) is 5.10 Å². The molecule has 1 heterocycles. The molecule has 1 aromatic heterocycles. The second-order valence-electron chi connectivity index (χ2n) is 6.47. The number of anilines is 1. The first kappa shape index (κ1) is 19.7. The van der Waals surface area contributed by atoms with E-state index in [1.807, 2.05) is 83.4 Å². The zero-order valence-electron chi connectivity index (χ0n) is 16.6. The summed E-state index contributed by atoms with van der Waals surface area (Å²) in [4.78, 5) is 17.0. The number of fused-ring (bicyclic) bond motifs is 1. The Bertz CT molecular complexity index is 1200. The van der Waals surface area contributed by atoms with E-state index in [1.165, 1.54) is 18.7 Å². The molecule has 0 saturated heterocycles. The fourth-order valence-corrected chi connectivity index (χ4v) is 3.79. The van der Waals surface area contributed by atoms with Gasteiger partial charge in [-0.15, -0.1) is 0 Å². The number of rotatable bonds is 6. The number of para-hydroxylation sites is 3. The van der Waals surface area contributed by atoms with Gasteiger partial charge in [0.15, 0.2) is 16.0 Å². The number of ether oxygens (including phenoxy) is 1. The quantitative estimate of drug-likeness (QED) is 0.204. The number of nitrogens with zero attached hydrogens (tertiary/aromatic N) is 3. The number of methoxy groups -OCH3 is 1. The van der Waals surface area contributed by atoms with Crippen LogP contribution in [0.3, 0.4) is 0 Å². The lowest BCUT2D eigenvalue weighted by atomic mass is 10.3. The van der Waals surface area contributed by atoms with E-state index in [0.29, 0.717) is 10.2 Å². The molecule has 0 bridgehead atoms. The Morgan fingerprint density at radius 1 is 1.00 bits per heavy atom. The standard InChI is InChI=1S/C23H20N4O2S/c1-16(28)22(26-25-17-12-14-19(29-2)15-13-17)30-23-24-20-10-6-7-11-21(20)27(23)18-8-4-3-5-9-18/h3-15,25H,1-2H3. The van der Waals surface area contributed by atoms with Gasteiger partial charge in [0.1, 0.15) is 5.75 Å². The second-order valence-corrected chi connectivity index (χ2v) is 7.43. The third kappa shape index (κ3) is 4.21. The first-order chi connectivity index (χ1) is 14.7. The Morgan fingerprint density at radius 2 is 1.70 bits per heavy atom. The summed E-state index contributed by atoms with van der Waals surface area (Å²) in [5.74, 6) is 0.606. The molecule has 0 spiro atoms. The minimum atomic E-state index is -0.146. The summed E-state index contributed by atoms with van der Waals surface area (Å²) in [5.41, 5.74) is 6.50. The van der Waals surface area contributed by atoms with Gasteiger partial charge in [-0.25, -0.2) is 4.98 Å². The molecule has 150 valence electrons. The van der Waals surface area contributed by atoms with Crippen LogP contribution < -0.4 is 10.2 Å². The molecule has 0 aliphatic carbocycles. The zero-order chi connectivity index (χ0) is 20.9. The highest BCUT2D eigenvalue weighted by Gasteiger charge is 2.17. The summed E-state index contributed by atoms with van der Waals surface area (Å²) in [5, 5.41) is 5.33. The molecule has 3 aromatic carbocycles. The molecule has 6 nitrogen and oxygen atoms in total. The van der Waals surface area contributed by atoms with Gasteiger partial charge in [0.05, 0.1) is 23.8 Å². The summed E-state index contributed by atoms with van der Waals surface area (Å²) in [6, 6.07) is 25.2. The summed E-state index contributed by atoms with van der Waals surface area (Å²) in [7, 11) is 1.61. The number of nitrogens with one attached hydrogen (secondary N) is 1. The second kappa shape index (κ2) is 8.84. The van der Waals surface area contributed by atoms with Crippen molar-refractivity contribution >= 4 is 39.3 Å². The molecule has 4 rings (SSSR count). The van der Waals surface area contributed by atoms with Crippen LogP contribution in [0.1, 0.15) is 6.92 Å². The number of aromatic nitrogens is 2. The Labute approximate surface area is 178 Å². The smallest absolute Gasteiger partial charge is 0.186 e. The number of imidazole rings is 1. The predicted octanol–water partition coefficient (Wildman–Crippen LogP) is 5.14. The highest BCUT2D eigenvalue weighted by Crippen LogP contribution is 2.29. The summed E-state index contributed by atoms with van der Waals surface area (Å²) < 4.78 is 7.20. The molecule has 0 fully saturated rings. The summed E-state index contributed by atoms with van der Waals surface area (Å²) >= 11 is 1.24. The van der Waals surface area contributed by atoms with Gasteiger partial charge < -0.3 is 4.74 Å². The molecule has 0 atom stereocenters. The third-order valence-electron chi connectivity index (χ3n) is 4.41. The normalized spacial score (nSPS) is 11.5. The van der Waals surface area contributed by atoms with E-state index in [4.69, 9.17) is 9.72 Å². The van der Waals surface area contributed by atoms with Crippen LogP contribution in [-0.2, 0) is 4.79 Å². The van der Waals surface area contributed by atoms with Gasteiger partial charge in [0, 0.05) is 12.6 Å². The maximum absolute atomic E-state index is 12.3. The van der Waals surface area contributed by atoms with Crippen LogP contribution in [0, 0.1) is 0 Å². The summed E-state index contributed by atoms with van der Waals surface area (Å²) in [6.07, 6.45) is 0. The average Bonchev–Trinajstić information content (AvgIpc) is 3.15. The first-order valence-electron chi connectivity index (χ1n) is 9.35. The number of thioether (sulfide) groups is 1. The number of hydrazone groups is 1. The van der Waals surface area contributed by atoms with Crippen LogP contribution in [-0.4, -0.2) is 27.5 Å². The molecule has 30 heavy (non-hydrogen) atoms. The number of carbonyl (C=O) groups excluding carboxylic acids is 1. The molecule has 0 unspecified atom stereocenters. The first-order valence-corrected chi connectivity index (χ1v) is 10.2. The van der Waals surface area contributed by atoms with E-state index >= 15 is 0 Å². The van der Waals surface area contributed by atoms with E-state index in [1.54, 1.807) is 7.11 Å². The zero-order valence-corrected chi connectivity index (χ0v) is 17.4. The van der Waals surface area contributed by atoms with Crippen molar-refractivity contribution in [2.24, 2.45) is 5.10 Å². The van der Waals surface area contributed by atoms with Gasteiger partial charge in [0.25, 0.3) is 0 Å². The van der Waals surface area contributed by atoms with Crippen molar-refractivity contribution in [3.05, 3.63) is 78.9 Å². The van der Waals surface area contributed by atoms with Crippen molar-refractivity contribution in [2.45, 2.75) is 12.1 Å². The van der Waals surface area contributed by atoms with Crippen molar-refractivity contribution < 1.29 is 9.53 Å². The number of ketones is 1. The predicted molar refractivity (Wildman–Crippen MR) is 122 cm³/mol. The number of carbonyl (C=O) groups is 1. The topological polar surface area (TPSA) is 68.5 Å². The fourth-order valence-electron chi connectivity index (χ4n) is 2.94. The van der Waals surface area contributed by atoms with Crippen LogP contribution >= 0.6 is 11.8 Å².